The van der Waals surface area contributed by atoms with Crippen molar-refractivity contribution in [1.82, 2.24) is 0 Å². The van der Waals surface area contributed by atoms with E-state index in [0.29, 0.717) is 12.3 Å². The third kappa shape index (κ3) is 4.84. The summed E-state index contributed by atoms with van der Waals surface area (Å²) < 4.78 is 17.6. The Morgan fingerprint density at radius 1 is 1.50 bits per heavy atom. The van der Waals surface area contributed by atoms with Crippen LogP contribution < -0.4 is 5.73 Å². The average molecular weight is 253 g/mol. The van der Waals surface area contributed by atoms with Crippen LogP contribution in [0.2, 0.25) is 0 Å². The van der Waals surface area contributed by atoms with Gasteiger partial charge >= 0.3 is 5.97 Å². The molecule has 1 aromatic carbocycles. The van der Waals surface area contributed by atoms with Gasteiger partial charge in [-0.2, -0.15) is 0 Å². The molecule has 2 unspecified atom stereocenters. The fourth-order valence-corrected chi connectivity index (χ4v) is 1.90. The highest BCUT2D eigenvalue weighted by Crippen LogP contribution is 2.15. The fourth-order valence-electron chi connectivity index (χ4n) is 1.90. The molecule has 3 nitrogen and oxygen atoms in total. The molecular weight excluding hydrogens is 233 g/mol. The van der Waals surface area contributed by atoms with Crippen molar-refractivity contribution in [2.45, 2.75) is 32.2 Å². The van der Waals surface area contributed by atoms with Gasteiger partial charge in [0.2, 0.25) is 0 Å². The van der Waals surface area contributed by atoms with Gasteiger partial charge in [0.15, 0.2) is 0 Å². The van der Waals surface area contributed by atoms with E-state index >= 15 is 0 Å². The summed E-state index contributed by atoms with van der Waals surface area (Å²) in [6.07, 6.45) is 2.24. The Bertz CT molecular complexity index is 395. The van der Waals surface area contributed by atoms with Crippen LogP contribution in [0.1, 0.15) is 25.3 Å². The molecule has 0 aromatic heterocycles. The maximum Gasteiger partial charge on any atom is 0.322 e. The molecule has 2 atom stereocenters. The first-order valence-corrected chi connectivity index (χ1v) is 6.10. The number of hydrogen-bond acceptors (Lipinski definition) is 3. The highest BCUT2D eigenvalue weighted by molar-refractivity contribution is 5.75. The number of benzene rings is 1. The van der Waals surface area contributed by atoms with Gasteiger partial charge in [-0.25, -0.2) is 4.39 Å². The molecule has 0 aliphatic carbocycles. The second-order valence-corrected chi connectivity index (χ2v) is 4.64. The third-order valence-electron chi connectivity index (χ3n) is 2.98. The fraction of sp³-hybridized carbons (Fsp3) is 0.500. The Balaban J connectivity index is 2.37. The smallest absolute Gasteiger partial charge is 0.322 e. The minimum absolute atomic E-state index is 0.216. The lowest BCUT2D eigenvalue weighted by molar-refractivity contribution is -0.142. The zero-order valence-corrected chi connectivity index (χ0v) is 10.9. The van der Waals surface area contributed by atoms with Gasteiger partial charge < -0.3 is 10.5 Å². The first-order chi connectivity index (χ1) is 8.52. The van der Waals surface area contributed by atoms with E-state index in [1.165, 1.54) is 19.2 Å². The molecule has 0 heterocycles. The molecule has 100 valence electrons. The SMILES string of the molecule is COC(=O)C(N)CC(C)CCc1cccc(F)c1. The number of aryl methyl sites for hydroxylation is 1. The van der Waals surface area contributed by atoms with Crippen LogP contribution in [0.5, 0.6) is 0 Å². The van der Waals surface area contributed by atoms with Crippen LogP contribution >= 0.6 is 0 Å². The van der Waals surface area contributed by atoms with E-state index in [1.807, 2.05) is 13.0 Å². The number of carbonyl (C=O) groups excluding carboxylic acids is 1. The first kappa shape index (κ1) is 14.6. The molecule has 0 spiro atoms. The van der Waals surface area contributed by atoms with Crippen molar-refractivity contribution in [1.29, 1.82) is 0 Å². The molecule has 18 heavy (non-hydrogen) atoms. The predicted molar refractivity (Wildman–Crippen MR) is 68.5 cm³/mol. The van der Waals surface area contributed by atoms with Crippen molar-refractivity contribution in [3.8, 4) is 0 Å². The average Bonchev–Trinajstić information content (AvgIpc) is 2.35. The molecule has 0 saturated carbocycles. The monoisotopic (exact) mass is 253 g/mol. The van der Waals surface area contributed by atoms with Crippen LogP contribution in [0, 0.1) is 11.7 Å². The number of halogens is 1. The second-order valence-electron chi connectivity index (χ2n) is 4.64. The number of rotatable bonds is 6. The van der Waals surface area contributed by atoms with Gasteiger partial charge in [0.1, 0.15) is 11.9 Å². The molecule has 0 bridgehead atoms. The Kier molecular flexibility index (Phi) is 5.78. The molecule has 0 radical (unpaired) electrons. The van der Waals surface area contributed by atoms with E-state index < -0.39 is 6.04 Å². The summed E-state index contributed by atoms with van der Waals surface area (Å²) in [5, 5.41) is 0. The Morgan fingerprint density at radius 3 is 2.83 bits per heavy atom. The molecular formula is C14H20FNO2. The van der Waals surface area contributed by atoms with Crippen LogP contribution in [0.15, 0.2) is 24.3 Å². The lowest BCUT2D eigenvalue weighted by Crippen LogP contribution is -2.33. The van der Waals surface area contributed by atoms with E-state index in [2.05, 4.69) is 4.74 Å². The summed E-state index contributed by atoms with van der Waals surface area (Å²) >= 11 is 0. The van der Waals surface area contributed by atoms with E-state index in [9.17, 15) is 9.18 Å². The summed E-state index contributed by atoms with van der Waals surface area (Å²) in [5.74, 6) is -0.304. The summed E-state index contributed by atoms with van der Waals surface area (Å²) in [5.41, 5.74) is 6.65. The van der Waals surface area contributed by atoms with Crippen molar-refractivity contribution in [2.24, 2.45) is 11.7 Å². The van der Waals surface area contributed by atoms with E-state index in [0.717, 1.165) is 18.4 Å². The molecule has 4 heteroatoms. The minimum Gasteiger partial charge on any atom is -0.468 e. The normalized spacial score (nSPS) is 14.0. The largest absolute Gasteiger partial charge is 0.468 e. The topological polar surface area (TPSA) is 52.3 Å². The maximum atomic E-state index is 13.0. The van der Waals surface area contributed by atoms with Crippen molar-refractivity contribution in [3.63, 3.8) is 0 Å². The number of methoxy groups -OCH3 is 1. The quantitative estimate of drug-likeness (QED) is 0.791. The highest BCUT2D eigenvalue weighted by Gasteiger charge is 2.17. The van der Waals surface area contributed by atoms with E-state index in [1.54, 1.807) is 6.07 Å². The van der Waals surface area contributed by atoms with E-state index in [-0.39, 0.29) is 11.8 Å². The van der Waals surface area contributed by atoms with Gasteiger partial charge in [0, 0.05) is 0 Å². The molecule has 0 fully saturated rings. The van der Waals surface area contributed by atoms with Crippen LogP contribution in [-0.2, 0) is 16.0 Å². The number of hydrogen-bond donors (Lipinski definition) is 1. The summed E-state index contributed by atoms with van der Waals surface area (Å²) in [6.45, 7) is 2.03. The van der Waals surface area contributed by atoms with Gasteiger partial charge in [-0.3, -0.25) is 4.79 Å². The molecule has 0 aliphatic heterocycles. The standard InChI is InChI=1S/C14H20FNO2/c1-10(8-13(16)14(17)18-2)6-7-11-4-3-5-12(15)9-11/h3-5,9-10,13H,6-8,16H2,1-2H3. The maximum absolute atomic E-state index is 13.0. The van der Waals surface area contributed by atoms with Crippen molar-refractivity contribution in [2.75, 3.05) is 7.11 Å². The molecule has 0 aliphatic rings. The zero-order chi connectivity index (χ0) is 13.5. The number of carbonyl (C=O) groups is 1. The highest BCUT2D eigenvalue weighted by atomic mass is 19.1. The lowest BCUT2D eigenvalue weighted by Gasteiger charge is -2.15. The zero-order valence-electron chi connectivity index (χ0n) is 10.9. The Labute approximate surface area is 107 Å². The Hall–Kier alpha value is -1.42. The van der Waals surface area contributed by atoms with Crippen molar-refractivity contribution >= 4 is 5.97 Å². The summed E-state index contributed by atoms with van der Waals surface area (Å²) in [7, 11) is 1.33. The molecule has 0 amide bonds. The molecule has 0 saturated heterocycles. The van der Waals surface area contributed by atoms with Crippen LogP contribution in [0.4, 0.5) is 4.39 Å². The minimum atomic E-state index is -0.572. The van der Waals surface area contributed by atoms with Crippen molar-refractivity contribution in [3.05, 3.63) is 35.6 Å². The molecule has 2 N–H and O–H groups in total. The number of ether oxygens (including phenoxy) is 1. The van der Waals surface area contributed by atoms with E-state index in [4.69, 9.17) is 5.73 Å². The second kappa shape index (κ2) is 7.11. The number of esters is 1. The predicted octanol–water partition coefficient (Wildman–Crippen LogP) is 2.28. The van der Waals surface area contributed by atoms with Crippen LogP contribution in [0.25, 0.3) is 0 Å². The van der Waals surface area contributed by atoms with Crippen molar-refractivity contribution < 1.29 is 13.9 Å². The van der Waals surface area contributed by atoms with Gasteiger partial charge in [-0.1, -0.05) is 19.1 Å². The number of nitrogens with two attached hydrogens (primary N) is 1. The van der Waals surface area contributed by atoms with Gasteiger partial charge in [0.25, 0.3) is 0 Å². The molecule has 1 aromatic rings. The lowest BCUT2D eigenvalue weighted by atomic mass is 9.95. The van der Waals surface area contributed by atoms with Crippen LogP contribution in [-0.4, -0.2) is 19.1 Å². The van der Waals surface area contributed by atoms with Gasteiger partial charge in [0.05, 0.1) is 7.11 Å². The third-order valence-corrected chi connectivity index (χ3v) is 2.98. The summed E-state index contributed by atoms with van der Waals surface area (Å²) in [6, 6.07) is 6.00. The molecule has 1 rings (SSSR count). The van der Waals surface area contributed by atoms with Gasteiger partial charge in [-0.15, -0.1) is 0 Å². The Morgan fingerprint density at radius 2 is 2.22 bits per heavy atom. The van der Waals surface area contributed by atoms with Crippen LogP contribution in [0.3, 0.4) is 0 Å². The van der Waals surface area contributed by atoms with Gasteiger partial charge in [-0.05, 0) is 42.9 Å². The first-order valence-electron chi connectivity index (χ1n) is 6.10. The summed E-state index contributed by atoms with van der Waals surface area (Å²) in [4.78, 5) is 11.2.